The van der Waals surface area contributed by atoms with Crippen molar-refractivity contribution in [1.82, 2.24) is 15.2 Å². The number of thiophene rings is 1. The van der Waals surface area contributed by atoms with E-state index in [1.807, 2.05) is 17.5 Å². The van der Waals surface area contributed by atoms with Crippen LogP contribution in [0.5, 0.6) is 0 Å². The van der Waals surface area contributed by atoms with Crippen LogP contribution in [0.25, 0.3) is 0 Å². The highest BCUT2D eigenvalue weighted by Crippen LogP contribution is 2.36. The van der Waals surface area contributed by atoms with Crippen LogP contribution in [-0.4, -0.2) is 40.0 Å². The number of imide groups is 1. The summed E-state index contributed by atoms with van der Waals surface area (Å²) >= 11 is 1.51. The molecule has 2 aliphatic rings. The molecule has 2 aliphatic heterocycles. The molecule has 5 rings (SSSR count). The number of furan rings is 1. The highest BCUT2D eigenvalue weighted by Gasteiger charge is 2.52. The average molecular weight is 481 g/mol. The first-order valence-electron chi connectivity index (χ1n) is 10.8. The molecule has 4 amide bonds. The molecular weight excluding hydrogens is 459 g/mol. The summed E-state index contributed by atoms with van der Waals surface area (Å²) in [6, 6.07) is 11.6. The molecule has 2 unspecified atom stereocenters. The van der Waals surface area contributed by atoms with Gasteiger partial charge in [-0.25, -0.2) is 14.2 Å². The Labute approximate surface area is 198 Å². The Morgan fingerprint density at radius 1 is 1.24 bits per heavy atom. The molecule has 1 aromatic carbocycles. The van der Waals surface area contributed by atoms with Crippen molar-refractivity contribution in [3.8, 4) is 0 Å². The van der Waals surface area contributed by atoms with E-state index >= 15 is 0 Å². The van der Waals surface area contributed by atoms with Crippen molar-refractivity contribution in [3.63, 3.8) is 0 Å². The summed E-state index contributed by atoms with van der Waals surface area (Å²) < 4.78 is 19.0. The lowest BCUT2D eigenvalue weighted by Crippen LogP contribution is -2.45. The summed E-state index contributed by atoms with van der Waals surface area (Å²) in [7, 11) is 0. The first-order chi connectivity index (χ1) is 16.4. The van der Waals surface area contributed by atoms with E-state index in [4.69, 9.17) is 4.42 Å². The van der Waals surface area contributed by atoms with Crippen molar-refractivity contribution in [2.24, 2.45) is 5.10 Å². The lowest BCUT2D eigenvalue weighted by Gasteiger charge is -2.26. The van der Waals surface area contributed by atoms with Crippen LogP contribution in [0, 0.1) is 5.82 Å². The Bertz CT molecular complexity index is 1260. The van der Waals surface area contributed by atoms with Crippen LogP contribution in [0.15, 0.2) is 69.7 Å². The van der Waals surface area contributed by atoms with E-state index in [0.29, 0.717) is 17.7 Å². The van der Waals surface area contributed by atoms with Crippen LogP contribution < -0.4 is 5.32 Å². The van der Waals surface area contributed by atoms with Crippen LogP contribution in [-0.2, 0) is 15.1 Å². The smallest absolute Gasteiger partial charge is 0.325 e. The molecule has 0 saturated carbocycles. The minimum absolute atomic E-state index is 0.243. The zero-order chi connectivity index (χ0) is 23.9. The minimum Gasteiger partial charge on any atom is -0.467 e. The van der Waals surface area contributed by atoms with Gasteiger partial charge in [0.25, 0.3) is 11.8 Å². The molecule has 10 heteroatoms. The minimum atomic E-state index is -1.36. The van der Waals surface area contributed by atoms with Crippen molar-refractivity contribution in [1.29, 1.82) is 0 Å². The standard InChI is InChI=1S/C24H21FN4O4S/c1-2-24(15-7-9-16(25)10-8-15)22(31)28(23(32)26-24)14-21(30)29-18(19-5-3-11-33-19)13-17(27-29)20-6-4-12-34-20/h3-12,18H,2,13-14H2,1H3,(H,26,32). The molecular formula is C24H21FN4O4S. The zero-order valence-corrected chi connectivity index (χ0v) is 19.0. The summed E-state index contributed by atoms with van der Waals surface area (Å²) in [6.07, 6.45) is 2.22. The van der Waals surface area contributed by atoms with E-state index < -0.39 is 41.8 Å². The summed E-state index contributed by atoms with van der Waals surface area (Å²) in [5.74, 6) is -0.954. The molecule has 2 aromatic heterocycles. The normalized spacial score (nSPS) is 22.3. The van der Waals surface area contributed by atoms with Gasteiger partial charge in [-0.2, -0.15) is 5.10 Å². The largest absolute Gasteiger partial charge is 0.467 e. The van der Waals surface area contributed by atoms with Gasteiger partial charge < -0.3 is 9.73 Å². The van der Waals surface area contributed by atoms with Gasteiger partial charge in [0.1, 0.15) is 29.7 Å². The van der Waals surface area contributed by atoms with Crippen LogP contribution in [0.4, 0.5) is 9.18 Å². The van der Waals surface area contributed by atoms with Gasteiger partial charge >= 0.3 is 6.03 Å². The van der Waals surface area contributed by atoms with E-state index in [9.17, 15) is 18.8 Å². The highest BCUT2D eigenvalue weighted by molar-refractivity contribution is 7.12. The van der Waals surface area contributed by atoms with Gasteiger partial charge in [-0.15, -0.1) is 11.3 Å². The van der Waals surface area contributed by atoms with Crippen molar-refractivity contribution in [2.75, 3.05) is 6.54 Å². The second-order valence-electron chi connectivity index (χ2n) is 8.08. The molecule has 8 nitrogen and oxygen atoms in total. The molecule has 34 heavy (non-hydrogen) atoms. The molecule has 2 atom stereocenters. The van der Waals surface area contributed by atoms with Crippen LogP contribution in [0.1, 0.15) is 42.0 Å². The molecule has 174 valence electrons. The third-order valence-corrected chi connectivity index (χ3v) is 7.10. The van der Waals surface area contributed by atoms with Crippen LogP contribution >= 0.6 is 11.3 Å². The Kier molecular flexibility index (Phi) is 5.52. The molecule has 4 heterocycles. The molecule has 0 aliphatic carbocycles. The molecule has 3 aromatic rings. The molecule has 1 saturated heterocycles. The Hall–Kier alpha value is -3.79. The van der Waals surface area contributed by atoms with Gasteiger partial charge in [0.2, 0.25) is 0 Å². The average Bonchev–Trinajstić information content (AvgIpc) is 3.63. The van der Waals surface area contributed by atoms with Gasteiger partial charge in [-0.3, -0.25) is 14.5 Å². The van der Waals surface area contributed by atoms with Crippen molar-refractivity contribution >= 4 is 34.9 Å². The number of nitrogens with one attached hydrogen (secondary N) is 1. The highest BCUT2D eigenvalue weighted by atomic mass is 32.1. The van der Waals surface area contributed by atoms with E-state index in [2.05, 4.69) is 10.4 Å². The van der Waals surface area contributed by atoms with E-state index in [0.717, 1.165) is 15.5 Å². The van der Waals surface area contributed by atoms with Gasteiger partial charge in [0.05, 0.1) is 16.9 Å². The number of carbonyl (C=O) groups is 3. The van der Waals surface area contributed by atoms with Gasteiger partial charge in [0.15, 0.2) is 0 Å². The predicted octanol–water partition coefficient (Wildman–Crippen LogP) is 4.02. The van der Waals surface area contributed by atoms with E-state index in [1.165, 1.54) is 46.9 Å². The fourth-order valence-electron chi connectivity index (χ4n) is 4.39. The lowest BCUT2D eigenvalue weighted by molar-refractivity contribution is -0.140. The summed E-state index contributed by atoms with van der Waals surface area (Å²) in [6.45, 7) is 1.27. The topological polar surface area (TPSA) is 95.2 Å². The fourth-order valence-corrected chi connectivity index (χ4v) is 5.11. The lowest BCUT2D eigenvalue weighted by atomic mass is 9.87. The van der Waals surface area contributed by atoms with Gasteiger partial charge in [0, 0.05) is 6.42 Å². The fraction of sp³-hybridized carbons (Fsp3) is 0.250. The summed E-state index contributed by atoms with van der Waals surface area (Å²) in [5, 5.41) is 10.5. The number of benzene rings is 1. The number of amides is 4. The molecule has 0 radical (unpaired) electrons. The predicted molar refractivity (Wildman–Crippen MR) is 122 cm³/mol. The maximum Gasteiger partial charge on any atom is 0.325 e. The molecule has 0 bridgehead atoms. The van der Waals surface area contributed by atoms with Gasteiger partial charge in [-0.1, -0.05) is 25.1 Å². The SMILES string of the molecule is CCC1(c2ccc(F)cc2)NC(=O)N(CC(=O)N2N=C(c3cccs3)CC2c2ccco2)C1=O. The number of rotatable bonds is 6. The second kappa shape index (κ2) is 8.53. The number of nitrogens with zero attached hydrogens (tertiary/aromatic N) is 3. The van der Waals surface area contributed by atoms with Crippen LogP contribution in [0.3, 0.4) is 0 Å². The number of hydrogen-bond acceptors (Lipinski definition) is 6. The van der Waals surface area contributed by atoms with Crippen molar-refractivity contribution in [3.05, 3.63) is 82.2 Å². The Morgan fingerprint density at radius 2 is 2.03 bits per heavy atom. The Morgan fingerprint density at radius 3 is 2.68 bits per heavy atom. The zero-order valence-electron chi connectivity index (χ0n) is 18.2. The number of hydrazone groups is 1. The quantitative estimate of drug-likeness (QED) is 0.539. The van der Waals surface area contributed by atoms with Crippen molar-refractivity contribution < 1.29 is 23.2 Å². The number of halogens is 1. The van der Waals surface area contributed by atoms with Crippen molar-refractivity contribution in [2.45, 2.75) is 31.3 Å². The maximum absolute atomic E-state index is 13.4. The summed E-state index contributed by atoms with van der Waals surface area (Å²) in [5.41, 5.74) is -0.171. The Balaban J connectivity index is 1.41. The molecule has 1 N–H and O–H groups in total. The first-order valence-corrected chi connectivity index (χ1v) is 11.7. The number of carbonyl (C=O) groups excluding carboxylic acids is 3. The second-order valence-corrected chi connectivity index (χ2v) is 9.03. The maximum atomic E-state index is 13.4. The first kappa shape index (κ1) is 22.0. The molecule has 0 spiro atoms. The number of hydrogen-bond donors (Lipinski definition) is 1. The third kappa shape index (κ3) is 3.60. The van der Waals surface area contributed by atoms with E-state index in [-0.39, 0.29) is 6.42 Å². The monoisotopic (exact) mass is 480 g/mol. The third-order valence-electron chi connectivity index (χ3n) is 6.18. The summed E-state index contributed by atoms with van der Waals surface area (Å²) in [4.78, 5) is 41.4. The van der Waals surface area contributed by atoms with Crippen LogP contribution in [0.2, 0.25) is 0 Å². The molecule has 1 fully saturated rings. The van der Waals surface area contributed by atoms with E-state index in [1.54, 1.807) is 19.1 Å². The van der Waals surface area contributed by atoms with Gasteiger partial charge in [-0.05, 0) is 47.7 Å². The number of urea groups is 1.